The number of amides is 1. The van der Waals surface area contributed by atoms with Gasteiger partial charge in [0.2, 0.25) is 5.91 Å². The largest absolute Gasteiger partial charge is 0.481 e. The number of carboxylic acid groups (broad SMARTS) is 1. The van der Waals surface area contributed by atoms with Crippen LogP contribution in [0.2, 0.25) is 0 Å². The lowest BCUT2D eigenvalue weighted by Gasteiger charge is -2.26. The summed E-state index contributed by atoms with van der Waals surface area (Å²) in [4.78, 5) is 21.4. The second-order valence-corrected chi connectivity index (χ2v) is 3.98. The molecule has 0 rings (SSSR count). The second kappa shape index (κ2) is 5.67. The van der Waals surface area contributed by atoms with Crippen LogP contribution in [-0.2, 0) is 9.59 Å². The van der Waals surface area contributed by atoms with Crippen molar-refractivity contribution in [3.8, 4) is 0 Å². The Morgan fingerprint density at radius 2 is 1.93 bits per heavy atom. The lowest BCUT2D eigenvalue weighted by Crippen LogP contribution is -2.45. The van der Waals surface area contributed by atoms with Crippen LogP contribution in [0.25, 0.3) is 0 Å². The number of rotatable bonds is 6. The Morgan fingerprint density at radius 3 is 2.33 bits per heavy atom. The number of aliphatic hydroxyl groups excluding tert-OH is 2. The van der Waals surface area contributed by atoms with Gasteiger partial charge in [0.25, 0.3) is 0 Å². The molecule has 0 radical (unpaired) electrons. The van der Waals surface area contributed by atoms with E-state index in [1.807, 2.05) is 0 Å². The van der Waals surface area contributed by atoms with Crippen LogP contribution in [0.15, 0.2) is 0 Å². The highest BCUT2D eigenvalue weighted by Crippen LogP contribution is 2.19. The van der Waals surface area contributed by atoms with E-state index in [1.54, 1.807) is 0 Å². The molecule has 0 aliphatic carbocycles. The predicted molar refractivity (Wildman–Crippen MR) is 52.1 cm³/mol. The SMILES string of the molecule is CC(C)(CO)C(O)[13C](=O)[15NH][13CH2][13CH2]C(=O)O. The summed E-state index contributed by atoms with van der Waals surface area (Å²) in [6.07, 6.45) is -1.55. The van der Waals surface area contributed by atoms with E-state index in [0.717, 1.165) is 0 Å². The number of carboxylic acids is 1. The molecule has 0 heterocycles. The van der Waals surface area contributed by atoms with Gasteiger partial charge in [0.05, 0.1) is 13.0 Å². The monoisotopic (exact) mass is 223 g/mol. The van der Waals surface area contributed by atoms with E-state index >= 15 is 0 Å². The Balaban J connectivity index is 4.05. The zero-order valence-corrected chi connectivity index (χ0v) is 8.86. The molecule has 0 aromatic heterocycles. The van der Waals surface area contributed by atoms with Gasteiger partial charge in [-0.25, -0.2) is 0 Å². The molecule has 0 aromatic carbocycles. The Morgan fingerprint density at radius 1 is 1.40 bits per heavy atom. The lowest BCUT2D eigenvalue weighted by molar-refractivity contribution is -0.138. The molecular weight excluding hydrogens is 206 g/mol. The van der Waals surface area contributed by atoms with Crippen molar-refractivity contribution >= 4 is 11.9 Å². The molecule has 4 N–H and O–H groups in total. The van der Waals surface area contributed by atoms with Gasteiger partial charge < -0.3 is 20.6 Å². The Kier molecular flexibility index (Phi) is 5.24. The van der Waals surface area contributed by atoms with Crippen molar-refractivity contribution in [3.05, 3.63) is 0 Å². The van der Waals surface area contributed by atoms with Crippen molar-refractivity contribution < 1.29 is 24.9 Å². The van der Waals surface area contributed by atoms with E-state index in [2.05, 4.69) is 5.32 Å². The molecule has 0 aliphatic heterocycles. The topological polar surface area (TPSA) is 107 Å². The molecular formula is C9H17NO5. The molecule has 6 heteroatoms. The van der Waals surface area contributed by atoms with E-state index < -0.39 is 23.4 Å². The van der Waals surface area contributed by atoms with Gasteiger partial charge >= 0.3 is 5.97 Å². The third-order valence-electron chi connectivity index (χ3n) is 2.03. The van der Waals surface area contributed by atoms with Gasteiger partial charge in [-0.05, 0) is 0 Å². The van der Waals surface area contributed by atoms with Gasteiger partial charge in [0, 0.05) is 12.0 Å². The molecule has 0 fully saturated rings. The smallest absolute Gasteiger partial charge is 0.305 e. The van der Waals surface area contributed by atoms with E-state index in [4.69, 9.17) is 10.2 Å². The molecule has 1 unspecified atom stereocenters. The van der Waals surface area contributed by atoms with Crippen molar-refractivity contribution in [1.29, 1.82) is 0 Å². The van der Waals surface area contributed by atoms with Crippen LogP contribution in [0.5, 0.6) is 0 Å². The van der Waals surface area contributed by atoms with Crippen LogP contribution in [0.4, 0.5) is 0 Å². The second-order valence-electron chi connectivity index (χ2n) is 3.98. The maximum Gasteiger partial charge on any atom is 0.305 e. The molecule has 0 spiro atoms. The summed E-state index contributed by atoms with van der Waals surface area (Å²) >= 11 is 0. The van der Waals surface area contributed by atoms with E-state index in [1.165, 1.54) is 13.8 Å². The molecule has 6 nitrogen and oxygen atoms in total. The van der Waals surface area contributed by atoms with Crippen LogP contribution in [-0.4, -0.2) is 46.5 Å². The molecule has 0 aliphatic rings. The minimum atomic E-state index is -1.35. The zero-order chi connectivity index (χ0) is 12.1. The van der Waals surface area contributed by atoms with Gasteiger partial charge in [-0.1, -0.05) is 13.8 Å². The first-order chi connectivity index (χ1) is 6.81. The average molecular weight is 223 g/mol. The summed E-state index contributed by atoms with van der Waals surface area (Å²) in [6, 6.07) is 0. The van der Waals surface area contributed by atoms with Crippen molar-refractivity contribution in [1.82, 2.24) is 5.32 Å². The minimum absolute atomic E-state index is 0.0350. The predicted octanol–water partition coefficient (Wildman–Crippen LogP) is -1.04. The summed E-state index contributed by atoms with van der Waals surface area (Å²) in [5.74, 6) is -1.69. The normalized spacial score (nSPS) is 13.3. The number of carbonyl (C=O) groups is 2. The number of carbonyl (C=O) groups excluding carboxylic acids is 1. The van der Waals surface area contributed by atoms with Crippen LogP contribution < -0.4 is 5.32 Å². The van der Waals surface area contributed by atoms with Crippen molar-refractivity contribution in [3.63, 3.8) is 0 Å². The Bertz CT molecular complexity index is 239. The number of aliphatic carboxylic acids is 1. The van der Waals surface area contributed by atoms with Crippen LogP contribution >= 0.6 is 0 Å². The molecule has 88 valence electrons. The molecule has 0 aromatic rings. The number of aliphatic hydroxyl groups is 2. The minimum Gasteiger partial charge on any atom is -0.481 e. The first-order valence-corrected chi connectivity index (χ1v) is 4.59. The molecule has 1 atom stereocenters. The first-order valence-electron chi connectivity index (χ1n) is 4.59. The summed E-state index contributed by atoms with van der Waals surface area (Å²) in [6.45, 7) is 2.70. The molecule has 0 saturated heterocycles. The standard InChI is InChI=1S/C9H17NO5/c1-9(2,5-11)7(14)8(15)10-4-3-6(12)13/h7,11,14H,3-5H2,1-2H3,(H,10,15)(H,12,13)/i3+1,4+1,8+1,10+1. The highest BCUT2D eigenvalue weighted by Gasteiger charge is 2.32. The summed E-state index contributed by atoms with van der Waals surface area (Å²) in [5, 5.41) is 29.0. The summed E-state index contributed by atoms with van der Waals surface area (Å²) < 4.78 is 0. The van der Waals surface area contributed by atoms with E-state index in [-0.39, 0.29) is 19.6 Å². The zero-order valence-electron chi connectivity index (χ0n) is 8.86. The quantitative estimate of drug-likeness (QED) is 0.340. The Labute approximate surface area is 87.9 Å². The fourth-order valence-corrected chi connectivity index (χ4v) is 0.831. The van der Waals surface area contributed by atoms with Gasteiger partial charge in [-0.3, -0.25) is 9.59 Å². The maximum atomic E-state index is 11.3. The lowest BCUT2D eigenvalue weighted by atomic mass is 9.91. The third kappa shape index (κ3) is 4.75. The molecule has 1 amide bonds. The molecule has 0 bridgehead atoms. The maximum absolute atomic E-state index is 11.3. The third-order valence-corrected chi connectivity index (χ3v) is 2.03. The number of nitrogens with one attached hydrogen (secondary N) is 1. The van der Waals surface area contributed by atoms with E-state index in [9.17, 15) is 14.7 Å². The van der Waals surface area contributed by atoms with Crippen LogP contribution in [0, 0.1) is 5.41 Å². The Hall–Kier alpha value is -1.14. The highest BCUT2D eigenvalue weighted by atomic mass is 16.4. The van der Waals surface area contributed by atoms with Gasteiger partial charge in [-0.15, -0.1) is 0 Å². The first kappa shape index (κ1) is 13.9. The van der Waals surface area contributed by atoms with Crippen molar-refractivity contribution in [2.24, 2.45) is 5.41 Å². The van der Waals surface area contributed by atoms with Gasteiger partial charge in [0.1, 0.15) is 6.10 Å². The molecule has 0 saturated carbocycles. The van der Waals surface area contributed by atoms with Crippen LogP contribution in [0.1, 0.15) is 20.3 Å². The number of hydrogen-bond acceptors (Lipinski definition) is 4. The average Bonchev–Trinajstić information content (AvgIpc) is 2.15. The van der Waals surface area contributed by atoms with Crippen molar-refractivity contribution in [2.75, 3.05) is 13.2 Å². The van der Waals surface area contributed by atoms with Gasteiger partial charge in [-0.2, -0.15) is 0 Å². The summed E-state index contributed by atoms with van der Waals surface area (Å²) in [5.41, 5.74) is -0.937. The van der Waals surface area contributed by atoms with E-state index in [0.29, 0.717) is 0 Å². The van der Waals surface area contributed by atoms with Gasteiger partial charge in [0.15, 0.2) is 0 Å². The fraction of sp³-hybridized carbons (Fsp3) is 0.778. The summed E-state index contributed by atoms with van der Waals surface area (Å²) in [7, 11) is 0. The number of hydrogen-bond donors (Lipinski definition) is 4. The highest BCUT2D eigenvalue weighted by molar-refractivity contribution is 5.81. The molecule has 15 heavy (non-hydrogen) atoms. The fourth-order valence-electron chi connectivity index (χ4n) is 0.831. The van der Waals surface area contributed by atoms with Crippen LogP contribution in [0.3, 0.4) is 0 Å². The van der Waals surface area contributed by atoms with Crippen molar-refractivity contribution in [2.45, 2.75) is 26.4 Å².